The van der Waals surface area contributed by atoms with E-state index in [1.165, 1.54) is 11.1 Å². The van der Waals surface area contributed by atoms with Crippen LogP contribution < -0.4 is 10.2 Å². The average Bonchev–Trinajstić information content (AvgIpc) is 3.53. The maximum absolute atomic E-state index is 13.7. The maximum Gasteiger partial charge on any atom is 0.280 e. The molecule has 1 atom stereocenters. The predicted molar refractivity (Wildman–Crippen MR) is 167 cm³/mol. The molecule has 9 nitrogen and oxygen atoms in total. The van der Waals surface area contributed by atoms with Crippen LogP contribution in [0.5, 0.6) is 0 Å². The zero-order chi connectivity index (χ0) is 29.0. The standard InChI is InChI=1S/C33H36N8O/c1-21-19-41-30-15-23(20-40-12-10-38(3)11-13-40)8-9-28(30)36-33(41)37-32(42)26-14-22(2)35-29(17-26)27-18-34-39(4)31(27)25-7-5-6-24(21)16-25/h5-9,14-18,21H,10-13,19-20H2,1-4H3,(H,36,37,42). The van der Waals surface area contributed by atoms with Crippen molar-refractivity contribution >= 4 is 23.2 Å². The number of carbonyl (C=O) groups is 1. The van der Waals surface area contributed by atoms with Crippen molar-refractivity contribution in [3.63, 3.8) is 0 Å². The molecular formula is C33H36N8O. The van der Waals surface area contributed by atoms with Crippen LogP contribution >= 0.6 is 0 Å². The fraction of sp³-hybridized carbons (Fsp3) is 0.333. The van der Waals surface area contributed by atoms with Gasteiger partial charge in [0.15, 0.2) is 0 Å². The van der Waals surface area contributed by atoms with Crippen molar-refractivity contribution < 1.29 is 4.79 Å². The Labute approximate surface area is 246 Å². The Morgan fingerprint density at radius 2 is 1.81 bits per heavy atom. The van der Waals surface area contributed by atoms with E-state index in [4.69, 9.17) is 4.98 Å². The molecule has 3 aliphatic rings. The van der Waals surface area contributed by atoms with Gasteiger partial charge in [-0.1, -0.05) is 31.2 Å². The number of fused-ring (bicyclic) bond motifs is 10. The summed E-state index contributed by atoms with van der Waals surface area (Å²) >= 11 is 0. The fourth-order valence-corrected chi connectivity index (χ4v) is 6.27. The second-order valence-electron chi connectivity index (χ2n) is 11.8. The number of guanidine groups is 1. The molecule has 1 fully saturated rings. The highest BCUT2D eigenvalue weighted by atomic mass is 16.1. The van der Waals surface area contributed by atoms with Gasteiger partial charge in [0.2, 0.25) is 5.96 Å². The second-order valence-corrected chi connectivity index (χ2v) is 11.8. The lowest BCUT2D eigenvalue weighted by Gasteiger charge is -2.32. The number of aliphatic imine (C=N–C) groups is 1. The van der Waals surface area contributed by atoms with Crippen LogP contribution in [0.25, 0.3) is 22.5 Å². The highest BCUT2D eigenvalue weighted by molar-refractivity contribution is 6.19. The molecule has 0 saturated carbocycles. The maximum atomic E-state index is 13.7. The third kappa shape index (κ3) is 4.88. The highest BCUT2D eigenvalue weighted by Crippen LogP contribution is 2.37. The van der Waals surface area contributed by atoms with E-state index >= 15 is 0 Å². The quantitative estimate of drug-likeness (QED) is 0.379. The number of nitrogens with one attached hydrogen (secondary N) is 1. The summed E-state index contributed by atoms with van der Waals surface area (Å²) in [5.74, 6) is 0.426. The van der Waals surface area contributed by atoms with Crippen molar-refractivity contribution in [2.75, 3.05) is 50.0 Å². The predicted octanol–water partition coefficient (Wildman–Crippen LogP) is 4.75. The minimum Gasteiger partial charge on any atom is -0.324 e. The van der Waals surface area contributed by atoms with Crippen LogP contribution in [-0.2, 0) is 13.6 Å². The van der Waals surface area contributed by atoms with Crippen LogP contribution in [0.2, 0.25) is 0 Å². The number of anilines is 2. The van der Waals surface area contributed by atoms with Crippen molar-refractivity contribution in [1.82, 2.24) is 24.6 Å². The molecule has 0 aliphatic carbocycles. The van der Waals surface area contributed by atoms with Gasteiger partial charge in [-0.3, -0.25) is 19.4 Å². The Bertz CT molecular complexity index is 1710. The smallest absolute Gasteiger partial charge is 0.280 e. The number of hydrogen-bond donors (Lipinski definition) is 1. The number of likely N-dealkylation sites (N-methyl/N-ethyl adjacent to an activating group) is 1. The van der Waals surface area contributed by atoms with Gasteiger partial charge in [-0.25, -0.2) is 0 Å². The van der Waals surface area contributed by atoms with Gasteiger partial charge in [-0.2, -0.15) is 10.1 Å². The number of piperazine rings is 1. The first-order valence-corrected chi connectivity index (χ1v) is 14.6. The number of hydrogen-bond acceptors (Lipinski definition) is 7. The van der Waals surface area contributed by atoms with E-state index in [0.29, 0.717) is 23.8 Å². The third-order valence-corrected chi connectivity index (χ3v) is 8.67. The Hall–Kier alpha value is -4.34. The minimum atomic E-state index is -0.298. The summed E-state index contributed by atoms with van der Waals surface area (Å²) in [5, 5.41) is 8.02. The van der Waals surface area contributed by atoms with Crippen LogP contribution in [0.15, 0.2) is 65.8 Å². The van der Waals surface area contributed by atoms with Gasteiger partial charge in [-0.05, 0) is 61.3 Å². The molecule has 3 aliphatic heterocycles. The molecule has 1 amide bonds. The van der Waals surface area contributed by atoms with Crippen LogP contribution in [-0.4, -0.2) is 76.2 Å². The third-order valence-electron chi connectivity index (χ3n) is 8.67. The monoisotopic (exact) mass is 560 g/mol. The Balaban J connectivity index is 1.32. The molecule has 2 aromatic carbocycles. The molecule has 2 aromatic heterocycles. The summed E-state index contributed by atoms with van der Waals surface area (Å²) in [6.45, 7) is 10.0. The molecular weight excluding hydrogens is 524 g/mol. The second kappa shape index (κ2) is 10.5. The summed E-state index contributed by atoms with van der Waals surface area (Å²) in [4.78, 5) is 30.2. The van der Waals surface area contributed by atoms with Crippen molar-refractivity contribution in [3.05, 3.63) is 83.2 Å². The van der Waals surface area contributed by atoms with Gasteiger partial charge in [0, 0.05) is 68.7 Å². The largest absolute Gasteiger partial charge is 0.324 e. The summed E-state index contributed by atoms with van der Waals surface area (Å²) in [5.41, 5.74) is 9.43. The number of carbonyl (C=O) groups excluding carboxylic acids is 1. The van der Waals surface area contributed by atoms with Crippen molar-refractivity contribution in [1.29, 1.82) is 0 Å². The minimum absolute atomic E-state index is 0.164. The molecule has 42 heavy (non-hydrogen) atoms. The van der Waals surface area contributed by atoms with Crippen molar-refractivity contribution in [2.45, 2.75) is 26.3 Å². The normalized spacial score (nSPS) is 20.2. The summed E-state index contributed by atoms with van der Waals surface area (Å²) in [7, 11) is 4.13. The van der Waals surface area contributed by atoms with Gasteiger partial charge in [0.25, 0.3) is 5.91 Å². The van der Waals surface area contributed by atoms with Gasteiger partial charge < -0.3 is 15.1 Å². The van der Waals surface area contributed by atoms with Crippen molar-refractivity contribution in [2.24, 2.45) is 12.0 Å². The molecule has 0 radical (unpaired) electrons. The SMILES string of the molecule is Cc1cc2cc(n1)-c1cnn(C)c1-c1cccc(c1)C(C)CN1/C(=N/C2=O)Nc2ccc(CN3CCN(C)CC3)cc21. The van der Waals surface area contributed by atoms with Gasteiger partial charge in [0.05, 0.1) is 29.0 Å². The zero-order valence-corrected chi connectivity index (χ0v) is 24.6. The molecule has 214 valence electrons. The fourth-order valence-electron chi connectivity index (χ4n) is 6.27. The summed E-state index contributed by atoms with van der Waals surface area (Å²) in [6.07, 6.45) is 1.83. The van der Waals surface area contributed by atoms with E-state index in [1.807, 2.05) is 37.0 Å². The molecule has 4 aromatic rings. The van der Waals surface area contributed by atoms with E-state index in [9.17, 15) is 4.79 Å². The van der Waals surface area contributed by atoms with E-state index < -0.39 is 0 Å². The Morgan fingerprint density at radius 1 is 0.976 bits per heavy atom. The lowest BCUT2D eigenvalue weighted by Crippen LogP contribution is -2.43. The number of aromatic nitrogens is 3. The first-order chi connectivity index (χ1) is 20.3. The summed E-state index contributed by atoms with van der Waals surface area (Å²) < 4.78 is 1.88. The topological polar surface area (TPSA) is 81.9 Å². The molecule has 0 spiro atoms. The zero-order valence-electron chi connectivity index (χ0n) is 24.6. The average molecular weight is 561 g/mol. The molecule has 1 saturated heterocycles. The van der Waals surface area contributed by atoms with Crippen molar-refractivity contribution in [3.8, 4) is 22.5 Å². The van der Waals surface area contributed by atoms with Gasteiger partial charge >= 0.3 is 0 Å². The van der Waals surface area contributed by atoms with E-state index in [2.05, 4.69) is 86.5 Å². The lowest BCUT2D eigenvalue weighted by atomic mass is 9.95. The number of amides is 1. The number of benzene rings is 2. The molecule has 7 rings (SSSR count). The summed E-state index contributed by atoms with van der Waals surface area (Å²) in [6, 6.07) is 18.9. The van der Waals surface area contributed by atoms with Gasteiger partial charge in [-0.15, -0.1) is 0 Å². The first kappa shape index (κ1) is 26.6. The van der Waals surface area contributed by atoms with Crippen LogP contribution in [0.3, 0.4) is 0 Å². The Kier molecular flexibility index (Phi) is 6.63. The van der Waals surface area contributed by atoms with E-state index in [0.717, 1.165) is 66.6 Å². The number of pyridine rings is 1. The molecule has 5 heterocycles. The molecule has 1 unspecified atom stereocenters. The number of aryl methyl sites for hydroxylation is 2. The number of rotatable bonds is 2. The van der Waals surface area contributed by atoms with Gasteiger partial charge in [0.1, 0.15) is 0 Å². The molecule has 4 bridgehead atoms. The van der Waals surface area contributed by atoms with Crippen LogP contribution in [0, 0.1) is 6.92 Å². The van der Waals surface area contributed by atoms with Crippen LogP contribution in [0.4, 0.5) is 11.4 Å². The lowest BCUT2D eigenvalue weighted by molar-refractivity contribution is 0.100. The van der Waals surface area contributed by atoms with E-state index in [1.54, 1.807) is 0 Å². The van der Waals surface area contributed by atoms with E-state index in [-0.39, 0.29) is 11.8 Å². The highest BCUT2D eigenvalue weighted by Gasteiger charge is 2.30. The molecule has 1 N–H and O–H groups in total. The number of nitrogens with zero attached hydrogens (tertiary/aromatic N) is 7. The molecule has 9 heteroatoms. The van der Waals surface area contributed by atoms with Crippen LogP contribution in [0.1, 0.15) is 40.0 Å². The first-order valence-electron chi connectivity index (χ1n) is 14.6. The Morgan fingerprint density at radius 3 is 2.64 bits per heavy atom.